The number of hydrogen-bond acceptors (Lipinski definition) is 6. The van der Waals surface area contributed by atoms with Gasteiger partial charge >= 0.3 is 10.5 Å². The number of nitrogens with one attached hydrogen (secondary N) is 1. The molecule has 0 aliphatic heterocycles. The smallest absolute Gasteiger partial charge is 0.316 e. The average molecular weight is 456 g/mol. The first-order chi connectivity index (χ1) is 14.3. The highest BCUT2D eigenvalue weighted by atomic mass is 32.2. The van der Waals surface area contributed by atoms with Gasteiger partial charge in [0.05, 0.1) is 13.5 Å². The third-order valence-electron chi connectivity index (χ3n) is 4.89. The number of benzene rings is 1. The Morgan fingerprint density at radius 1 is 1.23 bits per heavy atom. The van der Waals surface area contributed by atoms with E-state index in [0.29, 0.717) is 16.4 Å². The number of rotatable bonds is 12. The van der Waals surface area contributed by atoms with Crippen molar-refractivity contribution in [3.63, 3.8) is 0 Å². The number of methoxy groups -OCH3 is 1. The maximum atomic E-state index is 13.0. The Kier molecular flexibility index (Phi) is 12.2. The van der Waals surface area contributed by atoms with Gasteiger partial charge in [0.1, 0.15) is 11.4 Å². The molecule has 0 radical (unpaired) electrons. The highest BCUT2D eigenvalue weighted by Crippen LogP contribution is 2.29. The van der Waals surface area contributed by atoms with E-state index in [9.17, 15) is 13.2 Å². The molecular formula is C21H33N3O4S2. The fourth-order valence-corrected chi connectivity index (χ4v) is 3.87. The molecule has 0 fully saturated rings. The number of ether oxygens (including phenoxy) is 1. The van der Waals surface area contributed by atoms with Crippen LogP contribution in [0.1, 0.15) is 64.4 Å². The molecule has 1 atom stereocenters. The van der Waals surface area contributed by atoms with E-state index in [1.165, 1.54) is 32.8 Å². The lowest BCUT2D eigenvalue weighted by Gasteiger charge is -2.29. The highest BCUT2D eigenvalue weighted by molar-refractivity contribution is 7.80. The largest absolute Gasteiger partial charge is 0.494 e. The van der Waals surface area contributed by atoms with Crippen molar-refractivity contribution in [2.24, 2.45) is 4.36 Å². The van der Waals surface area contributed by atoms with Crippen LogP contribution in [0.15, 0.2) is 22.6 Å². The Morgan fingerprint density at radius 2 is 1.90 bits per heavy atom. The van der Waals surface area contributed by atoms with Crippen LogP contribution in [0.5, 0.6) is 5.75 Å². The van der Waals surface area contributed by atoms with Crippen LogP contribution in [0.2, 0.25) is 0 Å². The Balaban J connectivity index is 2.86. The molecule has 0 saturated carbocycles. The fourth-order valence-electron chi connectivity index (χ4n) is 3.29. The van der Waals surface area contributed by atoms with Gasteiger partial charge in [-0.3, -0.25) is 9.69 Å². The number of carbonyl (C=O) groups excluding carboxylic acids is 1. The van der Waals surface area contributed by atoms with Gasteiger partial charge in [0.25, 0.3) is 0 Å². The Morgan fingerprint density at radius 3 is 2.50 bits per heavy atom. The number of unbranched alkanes of at least 4 members (excludes halogenated alkanes) is 5. The number of nitrogens with zero attached hydrogens (tertiary/aromatic N) is 2. The van der Waals surface area contributed by atoms with Gasteiger partial charge in [-0.25, -0.2) is 0 Å². The molecule has 1 aromatic carbocycles. The van der Waals surface area contributed by atoms with Gasteiger partial charge in [-0.15, -0.1) is 4.36 Å². The van der Waals surface area contributed by atoms with Crippen LogP contribution in [0.25, 0.3) is 0 Å². The van der Waals surface area contributed by atoms with Crippen molar-refractivity contribution < 1.29 is 17.9 Å². The third-order valence-corrected chi connectivity index (χ3v) is 5.64. The highest BCUT2D eigenvalue weighted by Gasteiger charge is 2.24. The number of hydrogen-bond donors (Lipinski definition) is 1. The third kappa shape index (κ3) is 8.79. The van der Waals surface area contributed by atoms with Gasteiger partial charge in [-0.1, -0.05) is 51.5 Å². The molecule has 1 aromatic rings. The topological polar surface area (TPSA) is 88.1 Å². The summed E-state index contributed by atoms with van der Waals surface area (Å²) in [5.41, 5.74) is 0.805. The molecule has 0 spiro atoms. The van der Waals surface area contributed by atoms with Crippen molar-refractivity contribution in [2.75, 3.05) is 14.2 Å². The van der Waals surface area contributed by atoms with Crippen molar-refractivity contribution in [3.8, 4) is 5.75 Å². The number of amides is 1. The summed E-state index contributed by atoms with van der Waals surface area (Å²) in [4.78, 5) is 14.7. The Hall–Kier alpha value is -2.00. The summed E-state index contributed by atoms with van der Waals surface area (Å²) >= 11 is 5.38. The quantitative estimate of drug-likeness (QED) is 0.371. The lowest BCUT2D eigenvalue weighted by atomic mass is 10.0. The monoisotopic (exact) mass is 455 g/mol. The van der Waals surface area contributed by atoms with Gasteiger partial charge in [0, 0.05) is 13.1 Å². The molecule has 1 amide bonds. The second kappa shape index (κ2) is 14.1. The normalized spacial score (nSPS) is 11.5. The molecule has 0 aliphatic carbocycles. The minimum atomic E-state index is -2.61. The summed E-state index contributed by atoms with van der Waals surface area (Å²) in [5.74, 6) is 0.182. The molecule has 0 aliphatic rings. The lowest BCUT2D eigenvalue weighted by Crippen LogP contribution is -2.48. The zero-order valence-corrected chi connectivity index (χ0v) is 19.9. The van der Waals surface area contributed by atoms with Crippen LogP contribution in [-0.4, -0.2) is 44.5 Å². The van der Waals surface area contributed by atoms with Crippen molar-refractivity contribution in [1.29, 1.82) is 0 Å². The van der Waals surface area contributed by atoms with E-state index in [1.807, 2.05) is 6.92 Å². The van der Waals surface area contributed by atoms with E-state index in [4.69, 9.17) is 17.0 Å². The summed E-state index contributed by atoms with van der Waals surface area (Å²) in [6.45, 7) is 4.20. The maximum Gasteiger partial charge on any atom is 0.316 e. The predicted molar refractivity (Wildman–Crippen MR) is 124 cm³/mol. The van der Waals surface area contributed by atoms with Crippen LogP contribution >= 0.6 is 12.2 Å². The molecule has 1 N–H and O–H groups in total. The molecule has 0 bridgehead atoms. The fraction of sp³-hybridized carbons (Fsp3) is 0.619. The van der Waals surface area contributed by atoms with Crippen molar-refractivity contribution in [1.82, 2.24) is 10.2 Å². The molecule has 1 rings (SSSR count). The molecule has 168 valence electrons. The average Bonchev–Trinajstić information content (AvgIpc) is 2.70. The van der Waals surface area contributed by atoms with Gasteiger partial charge in [0.15, 0.2) is 5.11 Å². The van der Waals surface area contributed by atoms with Crippen molar-refractivity contribution >= 4 is 39.4 Å². The van der Waals surface area contributed by atoms with Gasteiger partial charge in [0.2, 0.25) is 5.91 Å². The molecule has 9 heteroatoms. The van der Waals surface area contributed by atoms with E-state index < -0.39 is 10.5 Å². The summed E-state index contributed by atoms with van der Waals surface area (Å²) in [6.07, 6.45) is 8.10. The summed E-state index contributed by atoms with van der Waals surface area (Å²) < 4.78 is 30.6. The zero-order valence-electron chi connectivity index (χ0n) is 18.3. The van der Waals surface area contributed by atoms with Gasteiger partial charge in [-0.2, -0.15) is 8.42 Å². The maximum absolute atomic E-state index is 13.0. The molecule has 0 saturated heterocycles. The second-order valence-corrected chi connectivity index (χ2v) is 8.22. The summed E-state index contributed by atoms with van der Waals surface area (Å²) in [5, 5.41) is 3.29. The number of thiocarbonyl (C=S) groups is 1. The first-order valence-electron chi connectivity index (χ1n) is 10.4. The molecular weight excluding hydrogens is 422 g/mol. The van der Waals surface area contributed by atoms with Crippen molar-refractivity contribution in [3.05, 3.63) is 23.8 Å². The first kappa shape index (κ1) is 26.0. The van der Waals surface area contributed by atoms with Gasteiger partial charge < -0.3 is 10.1 Å². The van der Waals surface area contributed by atoms with Crippen LogP contribution in [0.4, 0.5) is 5.69 Å². The molecule has 0 aromatic heterocycles. The second-order valence-electron chi connectivity index (χ2n) is 7.22. The molecule has 0 heterocycles. The Bertz CT molecular complexity index is 833. The SMILES string of the molecule is CCCCCCCCC(C)N(C(=O)Cc1ccc(OC)c(N=S(=O)=O)c1)C(=S)NC. The van der Waals surface area contributed by atoms with E-state index in [2.05, 4.69) is 16.6 Å². The van der Waals surface area contributed by atoms with E-state index >= 15 is 0 Å². The molecule has 30 heavy (non-hydrogen) atoms. The number of carbonyl (C=O) groups is 1. The van der Waals surface area contributed by atoms with E-state index in [0.717, 1.165) is 19.3 Å². The van der Waals surface area contributed by atoms with E-state index in [1.54, 1.807) is 30.1 Å². The first-order valence-corrected chi connectivity index (χ1v) is 11.8. The van der Waals surface area contributed by atoms with Crippen LogP contribution in [0.3, 0.4) is 0 Å². The van der Waals surface area contributed by atoms with Gasteiger partial charge in [-0.05, 0) is 43.3 Å². The van der Waals surface area contributed by atoms with Crippen molar-refractivity contribution in [2.45, 2.75) is 71.3 Å². The van der Waals surface area contributed by atoms with E-state index in [-0.39, 0.29) is 24.1 Å². The molecule has 7 nitrogen and oxygen atoms in total. The summed E-state index contributed by atoms with van der Waals surface area (Å²) in [7, 11) is 0.524. The predicted octanol–water partition coefficient (Wildman–Crippen LogP) is 4.40. The minimum Gasteiger partial charge on any atom is -0.494 e. The van der Waals surface area contributed by atoms with Crippen LogP contribution in [0, 0.1) is 0 Å². The molecule has 1 unspecified atom stereocenters. The van der Waals surface area contributed by atoms with Crippen LogP contribution < -0.4 is 10.1 Å². The standard InChI is InChI=1S/C21H33N3O4S2/c1-5-6-7-8-9-10-11-16(2)24(21(29)22-3)20(25)15-17-12-13-19(28-4)18(14-17)23-30(26)27/h12-14,16H,5-11,15H2,1-4H3,(H,22,29). The lowest BCUT2D eigenvalue weighted by molar-refractivity contribution is -0.128. The minimum absolute atomic E-state index is 0.0276. The summed E-state index contributed by atoms with van der Waals surface area (Å²) in [6, 6.07) is 4.85. The zero-order chi connectivity index (χ0) is 22.5. The van der Waals surface area contributed by atoms with Crippen LogP contribution in [-0.2, 0) is 21.7 Å². The Labute approximate surface area is 186 Å².